The Labute approximate surface area is 118 Å². The average Bonchev–Trinajstić information content (AvgIpc) is 2.99. The van der Waals surface area contributed by atoms with Crippen LogP contribution >= 0.6 is 0 Å². The lowest BCUT2D eigenvalue weighted by molar-refractivity contribution is 0.234. The molecule has 20 heavy (non-hydrogen) atoms. The normalized spacial score (nSPS) is 14.9. The molecule has 0 fully saturated rings. The summed E-state index contributed by atoms with van der Waals surface area (Å²) < 4.78 is 32.2. The maximum Gasteiger partial charge on any atom is 0.240 e. The lowest BCUT2D eigenvalue weighted by Gasteiger charge is -2.21. The van der Waals surface area contributed by atoms with Crippen molar-refractivity contribution in [2.45, 2.75) is 23.8 Å². The third-order valence-electron chi connectivity index (χ3n) is 3.15. The third kappa shape index (κ3) is 3.27. The molecule has 2 aromatic rings. The highest BCUT2D eigenvalue weighted by atomic mass is 32.2. The number of furan rings is 1. The van der Waals surface area contributed by atoms with Gasteiger partial charge in [-0.3, -0.25) is 0 Å². The number of aliphatic hydroxyl groups is 1. The van der Waals surface area contributed by atoms with E-state index in [-0.39, 0.29) is 17.4 Å². The van der Waals surface area contributed by atoms with Gasteiger partial charge in [-0.25, -0.2) is 13.1 Å². The fourth-order valence-electron chi connectivity index (χ4n) is 1.91. The molecule has 0 bridgehead atoms. The zero-order valence-electron chi connectivity index (χ0n) is 11.1. The summed E-state index contributed by atoms with van der Waals surface area (Å²) in [7, 11) is -3.66. The van der Waals surface area contributed by atoms with Crippen molar-refractivity contribution in [3.63, 3.8) is 0 Å². The van der Waals surface area contributed by atoms with Crippen molar-refractivity contribution in [2.24, 2.45) is 0 Å². The smallest absolute Gasteiger partial charge is 0.240 e. The SMILES string of the molecule is C[C@@H](c1ccco1)[C@@H](CO)NS(=O)(=O)c1ccccc1. The number of rotatable bonds is 6. The largest absolute Gasteiger partial charge is 0.469 e. The summed E-state index contributed by atoms with van der Waals surface area (Å²) in [5.41, 5.74) is 0. The summed E-state index contributed by atoms with van der Waals surface area (Å²) in [6.45, 7) is 1.49. The molecular weight excluding hydrogens is 278 g/mol. The first-order valence-electron chi connectivity index (χ1n) is 6.26. The molecule has 0 radical (unpaired) electrons. The zero-order valence-corrected chi connectivity index (χ0v) is 11.9. The molecule has 0 saturated carbocycles. The molecular formula is C14H17NO4S. The van der Waals surface area contributed by atoms with Crippen LogP contribution in [-0.4, -0.2) is 26.2 Å². The van der Waals surface area contributed by atoms with Crippen LogP contribution < -0.4 is 4.72 Å². The van der Waals surface area contributed by atoms with Crippen LogP contribution in [0.5, 0.6) is 0 Å². The van der Waals surface area contributed by atoms with E-state index in [0.29, 0.717) is 5.76 Å². The van der Waals surface area contributed by atoms with E-state index in [4.69, 9.17) is 4.42 Å². The Kier molecular flexibility index (Phi) is 4.59. The van der Waals surface area contributed by atoms with Crippen LogP contribution in [0, 0.1) is 0 Å². The molecule has 0 spiro atoms. The number of aliphatic hydroxyl groups excluding tert-OH is 1. The van der Waals surface area contributed by atoms with Gasteiger partial charge in [-0.1, -0.05) is 25.1 Å². The molecule has 0 aliphatic rings. The van der Waals surface area contributed by atoms with Gasteiger partial charge in [-0.05, 0) is 24.3 Å². The predicted molar refractivity (Wildman–Crippen MR) is 74.8 cm³/mol. The number of sulfonamides is 1. The zero-order chi connectivity index (χ0) is 14.6. The molecule has 0 saturated heterocycles. The number of hydrogen-bond donors (Lipinski definition) is 2. The molecule has 2 atom stereocenters. The van der Waals surface area contributed by atoms with Crippen LogP contribution in [-0.2, 0) is 10.0 Å². The monoisotopic (exact) mass is 295 g/mol. The van der Waals surface area contributed by atoms with Gasteiger partial charge >= 0.3 is 0 Å². The van der Waals surface area contributed by atoms with Crippen molar-refractivity contribution in [1.82, 2.24) is 4.72 Å². The first-order valence-corrected chi connectivity index (χ1v) is 7.74. The molecule has 108 valence electrons. The fraction of sp³-hybridized carbons (Fsp3) is 0.286. The van der Waals surface area contributed by atoms with Crippen LogP contribution in [0.4, 0.5) is 0 Å². The van der Waals surface area contributed by atoms with Gasteiger partial charge in [0.15, 0.2) is 0 Å². The van der Waals surface area contributed by atoms with E-state index in [1.54, 1.807) is 37.3 Å². The minimum Gasteiger partial charge on any atom is -0.469 e. The van der Waals surface area contributed by atoms with Crippen molar-refractivity contribution in [3.8, 4) is 0 Å². The summed E-state index contributed by atoms with van der Waals surface area (Å²) in [5, 5.41) is 9.44. The summed E-state index contributed by atoms with van der Waals surface area (Å²) in [6.07, 6.45) is 1.52. The van der Waals surface area contributed by atoms with Crippen LogP contribution in [0.3, 0.4) is 0 Å². The predicted octanol–water partition coefficient (Wildman–Crippen LogP) is 1.72. The Morgan fingerprint density at radius 3 is 2.45 bits per heavy atom. The molecule has 0 unspecified atom stereocenters. The summed E-state index contributed by atoms with van der Waals surface area (Å²) >= 11 is 0. The number of nitrogens with one attached hydrogen (secondary N) is 1. The summed E-state index contributed by atoms with van der Waals surface area (Å²) in [5.74, 6) is 0.355. The highest BCUT2D eigenvalue weighted by Crippen LogP contribution is 2.21. The van der Waals surface area contributed by atoms with Crippen LogP contribution in [0.15, 0.2) is 58.0 Å². The van der Waals surface area contributed by atoms with Gasteiger partial charge in [0.2, 0.25) is 10.0 Å². The molecule has 5 nitrogen and oxygen atoms in total. The average molecular weight is 295 g/mol. The third-order valence-corrected chi connectivity index (χ3v) is 4.66. The van der Waals surface area contributed by atoms with E-state index in [2.05, 4.69) is 4.72 Å². The summed E-state index contributed by atoms with van der Waals surface area (Å²) in [6, 6.07) is 10.9. The fourth-order valence-corrected chi connectivity index (χ4v) is 3.24. The molecule has 0 aliphatic carbocycles. The lowest BCUT2D eigenvalue weighted by atomic mass is 10.0. The van der Waals surface area contributed by atoms with Crippen molar-refractivity contribution in [1.29, 1.82) is 0 Å². The molecule has 1 aromatic heterocycles. The maximum atomic E-state index is 12.2. The van der Waals surface area contributed by atoms with E-state index in [1.165, 1.54) is 18.4 Å². The highest BCUT2D eigenvalue weighted by molar-refractivity contribution is 7.89. The Balaban J connectivity index is 2.18. The highest BCUT2D eigenvalue weighted by Gasteiger charge is 2.26. The Morgan fingerprint density at radius 2 is 1.90 bits per heavy atom. The van der Waals surface area contributed by atoms with Crippen molar-refractivity contribution in [2.75, 3.05) is 6.61 Å². The van der Waals surface area contributed by atoms with Gasteiger partial charge in [-0.15, -0.1) is 0 Å². The topological polar surface area (TPSA) is 79.5 Å². The minimum atomic E-state index is -3.66. The Morgan fingerprint density at radius 1 is 1.20 bits per heavy atom. The number of benzene rings is 1. The molecule has 6 heteroatoms. The van der Waals surface area contributed by atoms with Gasteiger partial charge in [0.25, 0.3) is 0 Å². The maximum absolute atomic E-state index is 12.2. The second-order valence-corrected chi connectivity index (χ2v) is 6.24. The van der Waals surface area contributed by atoms with Gasteiger partial charge in [0.1, 0.15) is 5.76 Å². The van der Waals surface area contributed by atoms with E-state index < -0.39 is 16.1 Å². The van der Waals surface area contributed by atoms with Gasteiger partial charge in [-0.2, -0.15) is 0 Å². The van der Waals surface area contributed by atoms with Crippen molar-refractivity contribution < 1.29 is 17.9 Å². The quantitative estimate of drug-likeness (QED) is 0.850. The van der Waals surface area contributed by atoms with E-state index in [0.717, 1.165) is 0 Å². The molecule has 2 N–H and O–H groups in total. The Bertz CT molecular complexity index is 622. The lowest BCUT2D eigenvalue weighted by Crippen LogP contribution is -2.40. The van der Waals surface area contributed by atoms with Gasteiger partial charge in [0, 0.05) is 5.92 Å². The second-order valence-electron chi connectivity index (χ2n) is 4.53. The molecule has 0 aliphatic heterocycles. The Hall–Kier alpha value is -1.63. The minimum absolute atomic E-state index is 0.171. The van der Waals surface area contributed by atoms with Crippen LogP contribution in [0.25, 0.3) is 0 Å². The molecule has 0 amide bonds. The summed E-state index contributed by atoms with van der Waals surface area (Å²) in [4.78, 5) is 0.171. The standard InChI is InChI=1S/C14H17NO4S/c1-11(14-8-5-9-19-14)13(10-16)15-20(17,18)12-6-3-2-4-7-12/h2-9,11,13,15-16H,10H2,1H3/t11-,13-/m1/s1. The second kappa shape index (κ2) is 6.21. The van der Waals surface area contributed by atoms with Crippen molar-refractivity contribution >= 4 is 10.0 Å². The van der Waals surface area contributed by atoms with Crippen molar-refractivity contribution in [3.05, 3.63) is 54.5 Å². The molecule has 2 rings (SSSR count). The first-order chi connectivity index (χ1) is 9.54. The molecule has 1 aromatic carbocycles. The van der Waals surface area contributed by atoms with Crippen LogP contribution in [0.2, 0.25) is 0 Å². The van der Waals surface area contributed by atoms with E-state index in [1.807, 2.05) is 0 Å². The van der Waals surface area contributed by atoms with E-state index >= 15 is 0 Å². The molecule has 1 heterocycles. The van der Waals surface area contributed by atoms with Gasteiger partial charge < -0.3 is 9.52 Å². The van der Waals surface area contributed by atoms with Gasteiger partial charge in [0.05, 0.1) is 23.8 Å². The number of hydrogen-bond acceptors (Lipinski definition) is 4. The van der Waals surface area contributed by atoms with Crippen LogP contribution in [0.1, 0.15) is 18.6 Å². The van der Waals surface area contributed by atoms with E-state index in [9.17, 15) is 13.5 Å². The first kappa shape index (κ1) is 14.8.